The van der Waals surface area contributed by atoms with Crippen molar-refractivity contribution in [2.75, 3.05) is 11.9 Å². The van der Waals surface area contributed by atoms with E-state index in [9.17, 15) is 9.50 Å². The number of aliphatic hydroxyl groups is 1. The van der Waals surface area contributed by atoms with E-state index in [2.05, 4.69) is 39.3 Å². The number of nitrogens with zero attached hydrogens (tertiary/aromatic N) is 1. The number of hydrogen-bond acceptors (Lipinski definition) is 2. The number of aryl methyl sites for hydroxylation is 1. The second kappa shape index (κ2) is 6.52. The lowest BCUT2D eigenvalue weighted by atomic mass is 10.0. The molecule has 1 aliphatic rings. The van der Waals surface area contributed by atoms with Gasteiger partial charge in [-0.15, -0.1) is 0 Å². The second-order valence-electron chi connectivity index (χ2n) is 5.52. The van der Waals surface area contributed by atoms with Crippen LogP contribution < -0.4 is 10.6 Å². The van der Waals surface area contributed by atoms with E-state index >= 15 is 0 Å². The van der Waals surface area contributed by atoms with E-state index in [4.69, 9.17) is 0 Å². The molecule has 0 aromatic heterocycles. The normalized spacial score (nSPS) is 21.1. The van der Waals surface area contributed by atoms with Crippen LogP contribution in [0.25, 0.3) is 0 Å². The van der Waals surface area contributed by atoms with Gasteiger partial charge in [-0.2, -0.15) is 0 Å². The van der Waals surface area contributed by atoms with Crippen molar-refractivity contribution in [2.24, 2.45) is 0 Å². The van der Waals surface area contributed by atoms with Crippen molar-refractivity contribution < 1.29 is 9.50 Å². The predicted molar refractivity (Wildman–Crippen MR) is 93.9 cm³/mol. The van der Waals surface area contributed by atoms with Crippen molar-refractivity contribution in [3.05, 3.63) is 56.9 Å². The molecule has 1 heterocycles. The third-order valence-electron chi connectivity index (χ3n) is 3.91. The standard InChI is InChI=1S/C17H17FIN2O/c1-10-8-12(19)3-5-14(10)21-15-4-2-11(18)9-13(15)17-16(22)6-7-20-17/h2-5,8-9,16-17,21-22H,6-7H2,1H3. The molecule has 2 aromatic rings. The molecule has 22 heavy (non-hydrogen) atoms. The Kier molecular flexibility index (Phi) is 4.65. The number of nitrogens with one attached hydrogen (secondary N) is 1. The van der Waals surface area contributed by atoms with Crippen LogP contribution in [-0.2, 0) is 0 Å². The van der Waals surface area contributed by atoms with E-state index in [0.717, 1.165) is 16.9 Å². The highest BCUT2D eigenvalue weighted by Gasteiger charge is 2.29. The second-order valence-corrected chi connectivity index (χ2v) is 6.77. The minimum Gasteiger partial charge on any atom is -0.391 e. The Labute approximate surface area is 143 Å². The monoisotopic (exact) mass is 411 g/mol. The first kappa shape index (κ1) is 15.7. The van der Waals surface area contributed by atoms with Crippen LogP contribution in [0, 0.1) is 16.3 Å². The zero-order valence-electron chi connectivity index (χ0n) is 12.2. The molecule has 2 atom stereocenters. The van der Waals surface area contributed by atoms with Gasteiger partial charge in [0.05, 0.1) is 12.1 Å². The largest absolute Gasteiger partial charge is 0.391 e. The summed E-state index contributed by atoms with van der Waals surface area (Å²) in [5.74, 6) is -0.311. The Morgan fingerprint density at radius 3 is 2.68 bits per heavy atom. The topological polar surface area (TPSA) is 46.4 Å². The summed E-state index contributed by atoms with van der Waals surface area (Å²) >= 11 is 2.27. The van der Waals surface area contributed by atoms with Crippen molar-refractivity contribution in [3.8, 4) is 0 Å². The molecule has 0 saturated carbocycles. The van der Waals surface area contributed by atoms with Gasteiger partial charge in [0, 0.05) is 21.5 Å². The van der Waals surface area contributed by atoms with Gasteiger partial charge in [0.1, 0.15) is 5.82 Å². The molecule has 2 N–H and O–H groups in total. The third kappa shape index (κ3) is 3.26. The van der Waals surface area contributed by atoms with Crippen molar-refractivity contribution in [3.63, 3.8) is 0 Å². The molecule has 2 unspecified atom stereocenters. The van der Waals surface area contributed by atoms with Crippen LogP contribution in [-0.4, -0.2) is 17.8 Å². The van der Waals surface area contributed by atoms with Gasteiger partial charge in [0.2, 0.25) is 0 Å². The summed E-state index contributed by atoms with van der Waals surface area (Å²) < 4.78 is 14.8. The van der Waals surface area contributed by atoms with Crippen LogP contribution in [0.3, 0.4) is 0 Å². The van der Waals surface area contributed by atoms with Crippen LogP contribution in [0.4, 0.5) is 15.8 Å². The van der Waals surface area contributed by atoms with Crippen LogP contribution in [0.15, 0.2) is 36.4 Å². The number of aliphatic hydroxyl groups excluding tert-OH is 1. The number of rotatable bonds is 3. The van der Waals surface area contributed by atoms with Gasteiger partial charge >= 0.3 is 0 Å². The summed E-state index contributed by atoms with van der Waals surface area (Å²) in [5, 5.41) is 17.8. The van der Waals surface area contributed by atoms with Crippen molar-refractivity contribution >= 4 is 34.0 Å². The fraction of sp³-hybridized carbons (Fsp3) is 0.294. The minimum absolute atomic E-state index is 0.311. The molecule has 1 aliphatic heterocycles. The van der Waals surface area contributed by atoms with E-state index < -0.39 is 6.10 Å². The van der Waals surface area contributed by atoms with Crippen molar-refractivity contribution in [1.82, 2.24) is 5.32 Å². The average molecular weight is 411 g/mol. The highest BCUT2D eigenvalue weighted by atomic mass is 127. The van der Waals surface area contributed by atoms with Gasteiger partial charge in [-0.1, -0.05) is 0 Å². The Morgan fingerprint density at radius 1 is 1.23 bits per heavy atom. The van der Waals surface area contributed by atoms with E-state index in [0.29, 0.717) is 18.5 Å². The molecule has 3 rings (SSSR count). The lowest BCUT2D eigenvalue weighted by molar-refractivity contribution is 0.159. The Bertz CT molecular complexity index is 692. The van der Waals surface area contributed by atoms with Crippen molar-refractivity contribution in [1.29, 1.82) is 0 Å². The molecule has 0 aliphatic carbocycles. The molecule has 115 valence electrons. The van der Waals surface area contributed by atoms with Gasteiger partial charge in [0.25, 0.3) is 0 Å². The fourth-order valence-corrected chi connectivity index (χ4v) is 3.38. The summed E-state index contributed by atoms with van der Waals surface area (Å²) in [6.07, 6.45) is 0.0866. The Morgan fingerprint density at radius 2 is 2.00 bits per heavy atom. The summed E-state index contributed by atoms with van der Waals surface area (Å²) in [5.41, 5.74) is 3.59. The third-order valence-corrected chi connectivity index (χ3v) is 4.58. The van der Waals surface area contributed by atoms with E-state index in [1.54, 1.807) is 6.07 Å². The maximum absolute atomic E-state index is 13.6. The van der Waals surface area contributed by atoms with E-state index in [-0.39, 0.29) is 11.9 Å². The smallest absolute Gasteiger partial charge is 0.123 e. The van der Waals surface area contributed by atoms with Crippen LogP contribution >= 0.6 is 22.6 Å². The van der Waals surface area contributed by atoms with E-state index in [1.807, 2.05) is 19.1 Å². The molecule has 1 fully saturated rings. The number of hydrogen-bond donors (Lipinski definition) is 2. The van der Waals surface area contributed by atoms with E-state index in [1.165, 1.54) is 15.7 Å². The molecule has 0 spiro atoms. The molecular formula is C17H17FIN2O. The Balaban J connectivity index is 1.96. The van der Waals surface area contributed by atoms with Gasteiger partial charge in [-0.25, -0.2) is 9.71 Å². The summed E-state index contributed by atoms with van der Waals surface area (Å²) in [7, 11) is 0. The molecule has 1 saturated heterocycles. The van der Waals surface area contributed by atoms with Gasteiger partial charge in [-0.3, -0.25) is 0 Å². The highest BCUT2D eigenvalue weighted by Crippen LogP contribution is 2.34. The fourth-order valence-electron chi connectivity index (χ4n) is 2.74. The minimum atomic E-state index is -0.542. The molecule has 0 amide bonds. The van der Waals surface area contributed by atoms with Gasteiger partial charge < -0.3 is 10.4 Å². The molecule has 0 bridgehead atoms. The average Bonchev–Trinajstić information content (AvgIpc) is 2.89. The van der Waals surface area contributed by atoms with Crippen molar-refractivity contribution in [2.45, 2.75) is 25.5 Å². The summed E-state index contributed by atoms with van der Waals surface area (Å²) in [6.45, 7) is 2.65. The molecule has 3 nitrogen and oxygen atoms in total. The first-order valence-corrected chi connectivity index (χ1v) is 8.30. The quantitative estimate of drug-likeness (QED) is 0.753. The maximum Gasteiger partial charge on any atom is 0.123 e. The maximum atomic E-state index is 13.6. The Hall–Kier alpha value is -1.18. The summed E-state index contributed by atoms with van der Waals surface area (Å²) in [6, 6.07) is 10.4. The number of anilines is 2. The summed E-state index contributed by atoms with van der Waals surface area (Å²) in [4.78, 5) is 0. The molecule has 2 aromatic carbocycles. The zero-order chi connectivity index (χ0) is 15.7. The van der Waals surface area contributed by atoms with Crippen LogP contribution in [0.2, 0.25) is 0 Å². The molecule has 5 heteroatoms. The zero-order valence-corrected chi connectivity index (χ0v) is 14.3. The SMILES string of the molecule is Cc1cc(I)ccc1Nc1ccc(F)cc1C1[N]CCC1O. The molecule has 1 radical (unpaired) electrons. The lowest BCUT2D eigenvalue weighted by Gasteiger charge is -2.20. The predicted octanol–water partition coefficient (Wildman–Crippen LogP) is 3.89. The number of halogens is 2. The van der Waals surface area contributed by atoms with Gasteiger partial charge in [-0.05, 0) is 83.5 Å². The van der Waals surface area contributed by atoms with Crippen LogP contribution in [0.5, 0.6) is 0 Å². The first-order chi connectivity index (χ1) is 10.5. The lowest BCUT2D eigenvalue weighted by Crippen LogP contribution is -2.18. The molecular weight excluding hydrogens is 394 g/mol. The van der Waals surface area contributed by atoms with Crippen LogP contribution in [0.1, 0.15) is 23.6 Å². The first-order valence-electron chi connectivity index (χ1n) is 7.22. The highest BCUT2D eigenvalue weighted by molar-refractivity contribution is 14.1. The number of benzene rings is 2. The van der Waals surface area contributed by atoms with Gasteiger partial charge in [0.15, 0.2) is 0 Å².